The van der Waals surface area contributed by atoms with Crippen molar-refractivity contribution in [3.63, 3.8) is 0 Å². The average Bonchev–Trinajstić information content (AvgIpc) is 2.30. The highest BCUT2D eigenvalue weighted by Crippen LogP contribution is 2.04. The molecule has 4 nitrogen and oxygen atoms in total. The predicted molar refractivity (Wildman–Crippen MR) is 69.0 cm³/mol. The van der Waals surface area contributed by atoms with Crippen molar-refractivity contribution < 1.29 is 9.59 Å². The summed E-state index contributed by atoms with van der Waals surface area (Å²) in [5.41, 5.74) is 1.85. The minimum absolute atomic E-state index is 0.177. The molecule has 2 N–H and O–H groups in total. The summed E-state index contributed by atoms with van der Waals surface area (Å²) in [5.74, 6) is -0.353. The van der Waals surface area contributed by atoms with Crippen molar-refractivity contribution in [1.29, 1.82) is 0 Å². The molecule has 0 spiro atoms. The van der Waals surface area contributed by atoms with E-state index in [0.29, 0.717) is 22.0 Å². The van der Waals surface area contributed by atoms with Crippen molar-refractivity contribution in [3.8, 4) is 0 Å². The van der Waals surface area contributed by atoms with E-state index in [1.165, 1.54) is 0 Å². The van der Waals surface area contributed by atoms with Gasteiger partial charge >= 0.3 is 0 Å². The number of hydrogen-bond acceptors (Lipinski definition) is 2. The Balaban J connectivity index is 2.75. The number of benzene rings is 1. The Morgan fingerprint density at radius 1 is 0.875 bits per heavy atom. The third-order valence-electron chi connectivity index (χ3n) is 1.86. The maximum absolute atomic E-state index is 11.4. The van der Waals surface area contributed by atoms with Crippen LogP contribution in [0.5, 0.6) is 0 Å². The number of carbonyl (C=O) groups excluding carboxylic acids is 2. The lowest BCUT2D eigenvalue weighted by molar-refractivity contribution is 0.0949. The molecule has 0 aliphatic carbocycles. The van der Waals surface area contributed by atoms with Crippen LogP contribution in [-0.4, -0.2) is 22.7 Å². The summed E-state index contributed by atoms with van der Waals surface area (Å²) in [4.78, 5) is 22.8. The molecule has 16 heavy (non-hydrogen) atoms. The molecule has 1 aromatic carbocycles. The van der Waals surface area contributed by atoms with Gasteiger partial charge in [-0.25, -0.2) is 0 Å². The second-order valence-corrected chi connectivity index (χ2v) is 3.98. The molecular formula is C10H10Br2N2O2. The summed E-state index contributed by atoms with van der Waals surface area (Å²) in [6, 6.07) is 6.45. The first-order valence-corrected chi connectivity index (χ1v) is 6.71. The van der Waals surface area contributed by atoms with E-state index in [4.69, 9.17) is 0 Å². The fourth-order valence-electron chi connectivity index (χ4n) is 1.10. The molecule has 86 valence electrons. The molecule has 0 saturated heterocycles. The van der Waals surface area contributed by atoms with Crippen molar-refractivity contribution >= 4 is 43.7 Å². The molecule has 0 aliphatic rings. The lowest BCUT2D eigenvalue weighted by Gasteiger charge is -2.03. The van der Waals surface area contributed by atoms with Crippen LogP contribution in [0.25, 0.3) is 0 Å². The minimum Gasteiger partial charge on any atom is -0.342 e. The first-order chi connectivity index (χ1) is 7.69. The maximum Gasteiger partial charge on any atom is 0.251 e. The zero-order valence-corrected chi connectivity index (χ0v) is 11.5. The summed E-state index contributed by atoms with van der Waals surface area (Å²) in [7, 11) is 0. The summed E-state index contributed by atoms with van der Waals surface area (Å²) < 4.78 is 0. The number of nitrogens with one attached hydrogen (secondary N) is 2. The molecular weight excluding hydrogens is 340 g/mol. The van der Waals surface area contributed by atoms with Crippen molar-refractivity contribution in [2.45, 2.75) is 0 Å². The van der Waals surface area contributed by atoms with Gasteiger partial charge in [0.05, 0.1) is 10.9 Å². The van der Waals surface area contributed by atoms with Crippen LogP contribution in [0.1, 0.15) is 20.7 Å². The van der Waals surface area contributed by atoms with Gasteiger partial charge in [0.2, 0.25) is 0 Å². The molecule has 0 unspecified atom stereocenters. The Kier molecular flexibility index (Phi) is 5.48. The second-order valence-electron chi connectivity index (χ2n) is 2.86. The maximum atomic E-state index is 11.4. The summed E-state index contributed by atoms with van der Waals surface area (Å²) >= 11 is 6.21. The van der Waals surface area contributed by atoms with E-state index in [0.717, 1.165) is 0 Å². The van der Waals surface area contributed by atoms with Crippen LogP contribution in [-0.2, 0) is 0 Å². The Bertz CT molecular complexity index is 342. The van der Waals surface area contributed by atoms with E-state index in [1.54, 1.807) is 24.3 Å². The number of amides is 2. The van der Waals surface area contributed by atoms with Crippen molar-refractivity contribution in [2.24, 2.45) is 0 Å². The fourth-order valence-corrected chi connectivity index (χ4v) is 1.61. The van der Waals surface area contributed by atoms with Crippen molar-refractivity contribution in [2.75, 3.05) is 10.9 Å². The minimum atomic E-state index is -0.177. The molecule has 2 amide bonds. The van der Waals surface area contributed by atoms with E-state index in [9.17, 15) is 9.59 Å². The van der Waals surface area contributed by atoms with Gasteiger partial charge in [0.1, 0.15) is 0 Å². The van der Waals surface area contributed by atoms with Gasteiger partial charge in [-0.1, -0.05) is 31.9 Å². The average molecular weight is 350 g/mol. The SMILES string of the molecule is O=C(NCBr)c1ccc(C(=O)NCBr)cc1. The largest absolute Gasteiger partial charge is 0.342 e. The standard InChI is InChI=1S/C10H10Br2N2O2/c11-5-13-9(15)7-1-2-8(4-3-7)10(16)14-6-12/h1-4H,5-6H2,(H,13,15)(H,14,16). The topological polar surface area (TPSA) is 58.2 Å². The molecule has 1 aromatic rings. The Morgan fingerprint density at radius 2 is 1.19 bits per heavy atom. The van der Waals surface area contributed by atoms with Crippen molar-refractivity contribution in [1.82, 2.24) is 10.6 Å². The van der Waals surface area contributed by atoms with Crippen LogP contribution < -0.4 is 10.6 Å². The highest BCUT2D eigenvalue weighted by molar-refractivity contribution is 9.09. The second kappa shape index (κ2) is 6.65. The first-order valence-electron chi connectivity index (χ1n) is 4.47. The number of halogens is 2. The smallest absolute Gasteiger partial charge is 0.251 e. The molecule has 0 aromatic heterocycles. The van der Waals surface area contributed by atoms with Gasteiger partial charge in [-0.3, -0.25) is 9.59 Å². The zero-order valence-electron chi connectivity index (χ0n) is 8.30. The third kappa shape index (κ3) is 3.61. The van der Waals surface area contributed by atoms with Crippen LogP contribution in [0.3, 0.4) is 0 Å². The Morgan fingerprint density at radius 3 is 1.44 bits per heavy atom. The molecule has 0 saturated carbocycles. The Labute approximate surface area is 110 Å². The summed E-state index contributed by atoms with van der Waals surface area (Å²) in [6.07, 6.45) is 0. The highest BCUT2D eigenvalue weighted by Gasteiger charge is 2.07. The quantitative estimate of drug-likeness (QED) is 0.643. The van der Waals surface area contributed by atoms with E-state index in [-0.39, 0.29) is 11.8 Å². The molecule has 0 radical (unpaired) electrons. The van der Waals surface area contributed by atoms with Gasteiger partial charge in [-0.2, -0.15) is 0 Å². The van der Waals surface area contributed by atoms with Gasteiger partial charge in [0.25, 0.3) is 11.8 Å². The molecule has 6 heteroatoms. The molecule has 0 aliphatic heterocycles. The zero-order chi connectivity index (χ0) is 12.0. The van der Waals surface area contributed by atoms with Gasteiger partial charge < -0.3 is 10.6 Å². The highest BCUT2D eigenvalue weighted by atomic mass is 79.9. The number of alkyl halides is 2. The molecule has 1 rings (SSSR count). The lowest BCUT2D eigenvalue weighted by Crippen LogP contribution is -2.23. The number of carbonyl (C=O) groups is 2. The van der Waals surface area contributed by atoms with Gasteiger partial charge in [-0.05, 0) is 24.3 Å². The molecule has 0 fully saturated rings. The normalized spacial score (nSPS) is 9.62. The van der Waals surface area contributed by atoms with Gasteiger partial charge in [0.15, 0.2) is 0 Å². The van der Waals surface area contributed by atoms with Crippen LogP contribution in [0.2, 0.25) is 0 Å². The van der Waals surface area contributed by atoms with Crippen LogP contribution in [0, 0.1) is 0 Å². The summed E-state index contributed by atoms with van der Waals surface area (Å²) in [6.45, 7) is 0. The van der Waals surface area contributed by atoms with Gasteiger partial charge in [0, 0.05) is 11.1 Å². The lowest BCUT2D eigenvalue weighted by atomic mass is 10.1. The molecule has 0 bridgehead atoms. The predicted octanol–water partition coefficient (Wildman–Crippen LogP) is 1.85. The van der Waals surface area contributed by atoms with E-state index >= 15 is 0 Å². The Hall–Kier alpha value is -0.880. The monoisotopic (exact) mass is 348 g/mol. The number of rotatable bonds is 4. The molecule has 0 heterocycles. The molecule has 0 atom stereocenters. The third-order valence-corrected chi connectivity index (χ3v) is 2.42. The van der Waals surface area contributed by atoms with Crippen LogP contribution >= 0.6 is 31.9 Å². The van der Waals surface area contributed by atoms with Gasteiger partial charge in [-0.15, -0.1) is 0 Å². The van der Waals surface area contributed by atoms with E-state index in [1.807, 2.05) is 0 Å². The van der Waals surface area contributed by atoms with Crippen LogP contribution in [0.4, 0.5) is 0 Å². The van der Waals surface area contributed by atoms with Crippen molar-refractivity contribution in [3.05, 3.63) is 35.4 Å². The first kappa shape index (κ1) is 13.2. The number of hydrogen-bond donors (Lipinski definition) is 2. The fraction of sp³-hybridized carbons (Fsp3) is 0.200. The summed E-state index contributed by atoms with van der Waals surface area (Å²) in [5, 5.41) is 5.21. The van der Waals surface area contributed by atoms with E-state index in [2.05, 4.69) is 42.5 Å². The van der Waals surface area contributed by atoms with Crippen LogP contribution in [0.15, 0.2) is 24.3 Å². The van der Waals surface area contributed by atoms with E-state index < -0.39 is 0 Å².